The van der Waals surface area contributed by atoms with Gasteiger partial charge in [0.25, 0.3) is 0 Å². The van der Waals surface area contributed by atoms with Gasteiger partial charge in [-0.2, -0.15) is 0 Å². The predicted octanol–water partition coefficient (Wildman–Crippen LogP) is 6.06. The van der Waals surface area contributed by atoms with E-state index in [0.717, 1.165) is 44.9 Å². The Bertz CT molecular complexity index is 833. The highest BCUT2D eigenvalue weighted by molar-refractivity contribution is 5.82. The van der Waals surface area contributed by atoms with Crippen molar-refractivity contribution < 1.29 is 9.59 Å². The van der Waals surface area contributed by atoms with E-state index in [1.54, 1.807) is 0 Å². The second-order valence-corrected chi connectivity index (χ2v) is 13.1. The maximum absolute atomic E-state index is 12.9. The van der Waals surface area contributed by atoms with E-state index < -0.39 is 0 Å². The first kappa shape index (κ1) is 21.7. The summed E-state index contributed by atoms with van der Waals surface area (Å²) >= 11 is 0. The van der Waals surface area contributed by atoms with Crippen molar-refractivity contribution in [3.8, 4) is 0 Å². The molecule has 1 amide bonds. The maximum atomic E-state index is 12.9. The zero-order chi connectivity index (χ0) is 22.4. The van der Waals surface area contributed by atoms with Gasteiger partial charge in [0.05, 0.1) is 5.41 Å². The number of ketones is 1. The summed E-state index contributed by atoms with van der Waals surface area (Å²) in [6.07, 6.45) is 11.7. The third kappa shape index (κ3) is 2.58. The standard InChI is InChI=1S/C28H43NO2/c1-17(2)20-10-13-28(24(29)31)15-14-26(4)21(23(20)28)6-7-22-25(3)11-9-19(30)16-18(25)8-12-27(22,26)5/h18,20-23H,1,6-16H2,2-5H3,(H2,29,31)/t18-,20+,21-,22+,23-,25+,26-,27+,28-/m1/s1. The second kappa shape index (κ2) is 6.70. The van der Waals surface area contributed by atoms with Crippen LogP contribution in [0.15, 0.2) is 12.2 Å². The molecule has 5 aliphatic rings. The summed E-state index contributed by atoms with van der Waals surface area (Å²) in [5, 5.41) is 0. The Balaban J connectivity index is 1.56. The smallest absolute Gasteiger partial charge is 0.223 e. The van der Waals surface area contributed by atoms with Crippen LogP contribution in [0.3, 0.4) is 0 Å². The van der Waals surface area contributed by atoms with Gasteiger partial charge in [-0.3, -0.25) is 9.59 Å². The lowest BCUT2D eigenvalue weighted by molar-refractivity contribution is -0.221. The van der Waals surface area contributed by atoms with Crippen LogP contribution in [-0.4, -0.2) is 11.7 Å². The summed E-state index contributed by atoms with van der Waals surface area (Å²) in [7, 11) is 0. The molecule has 5 saturated carbocycles. The van der Waals surface area contributed by atoms with E-state index in [0.29, 0.717) is 40.8 Å². The summed E-state index contributed by atoms with van der Waals surface area (Å²) in [6.45, 7) is 14.2. The van der Waals surface area contributed by atoms with Crippen LogP contribution in [0, 0.1) is 51.2 Å². The molecule has 0 aromatic heterocycles. The van der Waals surface area contributed by atoms with Crippen molar-refractivity contribution >= 4 is 11.7 Å². The van der Waals surface area contributed by atoms with Crippen molar-refractivity contribution in [1.82, 2.24) is 0 Å². The van der Waals surface area contributed by atoms with Crippen molar-refractivity contribution in [1.29, 1.82) is 0 Å². The average molecular weight is 426 g/mol. The van der Waals surface area contributed by atoms with Crippen LogP contribution in [0.2, 0.25) is 0 Å². The largest absolute Gasteiger partial charge is 0.369 e. The molecule has 0 aliphatic heterocycles. The molecule has 0 saturated heterocycles. The van der Waals surface area contributed by atoms with E-state index in [9.17, 15) is 9.59 Å². The van der Waals surface area contributed by atoms with E-state index >= 15 is 0 Å². The van der Waals surface area contributed by atoms with Gasteiger partial charge in [-0.05, 0) is 111 Å². The Kier molecular flexibility index (Phi) is 4.69. The summed E-state index contributed by atoms with van der Waals surface area (Å²) in [4.78, 5) is 25.2. The zero-order valence-electron chi connectivity index (χ0n) is 20.3. The lowest BCUT2D eigenvalue weighted by Gasteiger charge is -2.71. The van der Waals surface area contributed by atoms with Crippen LogP contribution in [0.25, 0.3) is 0 Å². The fourth-order valence-corrected chi connectivity index (χ4v) is 10.5. The highest BCUT2D eigenvalue weighted by atomic mass is 16.1. The molecular formula is C28H43NO2. The van der Waals surface area contributed by atoms with Crippen LogP contribution >= 0.6 is 0 Å². The Morgan fingerprint density at radius 3 is 2.39 bits per heavy atom. The molecule has 5 rings (SSSR count). The first-order valence-electron chi connectivity index (χ1n) is 13.0. The number of hydrogen-bond acceptors (Lipinski definition) is 2. The fraction of sp³-hybridized carbons (Fsp3) is 0.857. The first-order valence-corrected chi connectivity index (χ1v) is 13.0. The molecule has 0 bridgehead atoms. The van der Waals surface area contributed by atoms with Gasteiger partial charge in [0.2, 0.25) is 5.91 Å². The summed E-state index contributed by atoms with van der Waals surface area (Å²) < 4.78 is 0. The maximum Gasteiger partial charge on any atom is 0.223 e. The van der Waals surface area contributed by atoms with Gasteiger partial charge in [0.15, 0.2) is 0 Å². The molecule has 0 unspecified atom stereocenters. The number of amides is 1. The number of carbonyl (C=O) groups is 2. The number of hydrogen-bond donors (Lipinski definition) is 1. The molecule has 0 aromatic carbocycles. The van der Waals surface area contributed by atoms with Crippen molar-refractivity contribution in [2.24, 2.45) is 57.0 Å². The van der Waals surface area contributed by atoms with Crippen molar-refractivity contribution in [3.63, 3.8) is 0 Å². The fourth-order valence-electron chi connectivity index (χ4n) is 10.5. The third-order valence-corrected chi connectivity index (χ3v) is 12.4. The van der Waals surface area contributed by atoms with E-state index in [1.165, 1.54) is 31.3 Å². The molecule has 0 aromatic rings. The lowest BCUT2D eigenvalue weighted by Crippen LogP contribution is -2.65. The van der Waals surface area contributed by atoms with Gasteiger partial charge in [0.1, 0.15) is 5.78 Å². The molecule has 0 spiro atoms. The number of rotatable bonds is 2. The average Bonchev–Trinajstić information content (AvgIpc) is 3.11. The number of Topliss-reactive ketones (excluding diaryl/α,β-unsaturated/α-hetero) is 1. The van der Waals surface area contributed by atoms with Gasteiger partial charge in [-0.1, -0.05) is 32.9 Å². The van der Waals surface area contributed by atoms with Crippen LogP contribution in [-0.2, 0) is 9.59 Å². The van der Waals surface area contributed by atoms with Gasteiger partial charge in [-0.15, -0.1) is 0 Å². The molecular weight excluding hydrogens is 382 g/mol. The number of carbonyl (C=O) groups excluding carboxylic acids is 2. The normalized spacial score (nSPS) is 53.7. The Morgan fingerprint density at radius 1 is 0.968 bits per heavy atom. The Labute approximate surface area is 189 Å². The Morgan fingerprint density at radius 2 is 1.71 bits per heavy atom. The van der Waals surface area contributed by atoms with Gasteiger partial charge in [-0.25, -0.2) is 0 Å². The van der Waals surface area contributed by atoms with Gasteiger partial charge in [0, 0.05) is 12.8 Å². The third-order valence-electron chi connectivity index (χ3n) is 12.4. The van der Waals surface area contributed by atoms with Crippen molar-refractivity contribution in [2.75, 3.05) is 0 Å². The number of nitrogens with two attached hydrogens (primary N) is 1. The summed E-state index contributed by atoms with van der Waals surface area (Å²) in [5.41, 5.74) is 7.93. The minimum Gasteiger partial charge on any atom is -0.369 e. The molecule has 31 heavy (non-hydrogen) atoms. The zero-order valence-corrected chi connectivity index (χ0v) is 20.3. The quantitative estimate of drug-likeness (QED) is 0.546. The molecule has 0 heterocycles. The molecule has 0 radical (unpaired) electrons. The minimum absolute atomic E-state index is 0.0444. The molecule has 9 atom stereocenters. The van der Waals surface area contributed by atoms with Gasteiger partial charge >= 0.3 is 0 Å². The highest BCUT2D eigenvalue weighted by Gasteiger charge is 2.70. The van der Waals surface area contributed by atoms with E-state index in [1.807, 2.05) is 0 Å². The molecule has 5 aliphatic carbocycles. The first-order chi connectivity index (χ1) is 14.5. The predicted molar refractivity (Wildman–Crippen MR) is 124 cm³/mol. The minimum atomic E-state index is -0.310. The SMILES string of the molecule is C=C(C)[C@@H]1CC[C@@]2(C(N)=O)CC[C@]3(C)[C@H](CC[C@H]4[C@@]5(C)CCC(=O)C[C@H]5CC[C@@]43C)[C@@H]12. The molecule has 172 valence electrons. The monoisotopic (exact) mass is 425 g/mol. The molecule has 3 nitrogen and oxygen atoms in total. The second-order valence-electron chi connectivity index (χ2n) is 13.1. The Hall–Kier alpha value is -1.12. The number of allylic oxidation sites excluding steroid dienone is 1. The van der Waals surface area contributed by atoms with Crippen LogP contribution in [0.1, 0.15) is 98.3 Å². The topological polar surface area (TPSA) is 60.2 Å². The van der Waals surface area contributed by atoms with Gasteiger partial charge < -0.3 is 5.73 Å². The summed E-state index contributed by atoms with van der Waals surface area (Å²) in [5.74, 6) is 3.09. The van der Waals surface area contributed by atoms with Crippen LogP contribution < -0.4 is 5.73 Å². The summed E-state index contributed by atoms with van der Waals surface area (Å²) in [6, 6.07) is 0. The number of fused-ring (bicyclic) bond motifs is 7. The highest BCUT2D eigenvalue weighted by Crippen LogP contribution is 2.76. The van der Waals surface area contributed by atoms with E-state index in [-0.39, 0.29) is 22.2 Å². The lowest BCUT2D eigenvalue weighted by atomic mass is 9.33. The van der Waals surface area contributed by atoms with Crippen LogP contribution in [0.5, 0.6) is 0 Å². The molecule has 2 N–H and O–H groups in total. The van der Waals surface area contributed by atoms with E-state index in [2.05, 4.69) is 34.3 Å². The van der Waals surface area contributed by atoms with Crippen molar-refractivity contribution in [3.05, 3.63) is 12.2 Å². The van der Waals surface area contributed by atoms with E-state index in [4.69, 9.17) is 5.73 Å². The number of primary amides is 1. The van der Waals surface area contributed by atoms with Crippen molar-refractivity contribution in [2.45, 2.75) is 98.3 Å². The molecule has 3 heteroatoms. The molecule has 5 fully saturated rings. The van der Waals surface area contributed by atoms with Crippen LogP contribution in [0.4, 0.5) is 0 Å².